The quantitative estimate of drug-likeness (QED) is 0.401. The second-order valence-electron chi connectivity index (χ2n) is 1.26. The fourth-order valence-electron chi connectivity index (χ4n) is 0. The van der Waals surface area contributed by atoms with Gasteiger partial charge in [0, 0.05) is 69.9 Å². The maximum Gasteiger partial charge on any atom is 0.0402 e. The van der Waals surface area contributed by atoms with Gasteiger partial charge in [-0.3, -0.25) is 0 Å². The van der Waals surface area contributed by atoms with Crippen molar-refractivity contribution in [2.24, 2.45) is 0 Å². The van der Waals surface area contributed by atoms with Gasteiger partial charge in [-0.25, -0.2) is 0 Å². The topological polar surface area (TPSA) is 80.9 Å². The second-order valence-corrected chi connectivity index (χ2v) is 1.26. The van der Waals surface area contributed by atoms with Crippen LogP contribution in [0.4, 0.5) is 0 Å². The normalized spacial score (nSPS) is 4.33. The molecule has 0 bridgehead atoms. The summed E-state index contributed by atoms with van der Waals surface area (Å²) < 4.78 is 0. The van der Waals surface area contributed by atoms with E-state index in [9.17, 15) is 0 Å². The van der Waals surface area contributed by atoms with Gasteiger partial charge in [0.05, 0.1) is 0 Å². The Kier molecular flexibility index (Phi) is 665. The van der Waals surface area contributed by atoms with Crippen LogP contribution in [0.3, 0.4) is 0 Å². The number of hydrogen-bond acceptors (Lipinski definition) is 4. The van der Waals surface area contributed by atoms with Crippen molar-refractivity contribution in [1.82, 2.24) is 0 Å². The summed E-state index contributed by atoms with van der Waals surface area (Å²) in [5.74, 6) is 0. The van der Waals surface area contributed by atoms with Gasteiger partial charge in [-0.15, -0.1) is 0 Å². The number of aliphatic hydroxyl groups is 4. The summed E-state index contributed by atoms with van der Waals surface area (Å²) in [5, 5.41) is 30.3. The third-order valence-electron chi connectivity index (χ3n) is 0. The average molecular weight is 340 g/mol. The Bertz CT molecular complexity index is 30.0. The molecule has 0 atom stereocenters. The van der Waals surface area contributed by atoms with Crippen LogP contribution in [0.25, 0.3) is 0 Å². The maximum absolute atomic E-state index is 7.57. The van der Waals surface area contributed by atoms with E-state index in [0.29, 0.717) is 0 Å². The Morgan fingerprint density at radius 3 is 0.500 bits per heavy atom. The SMILES string of the molecule is CC.CCO.CCO.CCO.CCO.[CH3-].[CH3-].[Ti].[Ti]. The van der Waals surface area contributed by atoms with Crippen LogP contribution in [0.15, 0.2) is 0 Å². The van der Waals surface area contributed by atoms with Crippen LogP contribution in [0.5, 0.6) is 0 Å². The van der Waals surface area contributed by atoms with Gasteiger partial charge in [0.15, 0.2) is 0 Å². The molecule has 118 valence electrons. The van der Waals surface area contributed by atoms with Gasteiger partial charge >= 0.3 is 0 Å². The zero-order valence-corrected chi connectivity index (χ0v) is 16.7. The summed E-state index contributed by atoms with van der Waals surface area (Å²) in [6, 6.07) is 0. The minimum atomic E-state index is 0. The standard InChI is InChI=1S/4C2H6O.C2H6.2CH3.2Ti/c4*1-2-3;1-2;;;;/h4*3H,2H2,1H3;1-2H3;2*1H3;;/q;;;;;2*-1;;. The average Bonchev–Trinajstić information content (AvgIpc) is 2.12. The molecule has 18 heavy (non-hydrogen) atoms. The predicted octanol–water partition coefficient (Wildman–Crippen LogP) is 1.92. The molecule has 0 unspecified atom stereocenters. The van der Waals surface area contributed by atoms with Crippen molar-refractivity contribution in [3.05, 3.63) is 14.9 Å². The van der Waals surface area contributed by atoms with Gasteiger partial charge in [0.25, 0.3) is 0 Å². The van der Waals surface area contributed by atoms with E-state index in [1.807, 2.05) is 13.8 Å². The minimum Gasteiger partial charge on any atom is -0.397 e. The van der Waals surface area contributed by atoms with Gasteiger partial charge in [-0.05, 0) is 27.7 Å². The fraction of sp³-hybridized carbons (Fsp3) is 0.833. The van der Waals surface area contributed by atoms with E-state index < -0.39 is 0 Å². The Morgan fingerprint density at radius 1 is 0.500 bits per heavy atom. The van der Waals surface area contributed by atoms with Crippen molar-refractivity contribution in [2.75, 3.05) is 26.4 Å². The molecule has 0 radical (unpaired) electrons. The Hall–Kier alpha value is 1.27. The summed E-state index contributed by atoms with van der Waals surface area (Å²) >= 11 is 0. The van der Waals surface area contributed by atoms with Gasteiger partial charge in [-0.2, -0.15) is 0 Å². The van der Waals surface area contributed by atoms with E-state index in [1.165, 1.54) is 0 Å². The van der Waals surface area contributed by atoms with Crippen molar-refractivity contribution < 1.29 is 63.9 Å². The molecule has 0 aliphatic rings. The molecule has 0 aromatic carbocycles. The summed E-state index contributed by atoms with van der Waals surface area (Å²) in [5.41, 5.74) is 0. The van der Waals surface area contributed by atoms with E-state index in [-0.39, 0.29) is 84.7 Å². The van der Waals surface area contributed by atoms with Crippen molar-refractivity contribution in [2.45, 2.75) is 41.5 Å². The number of rotatable bonds is 0. The van der Waals surface area contributed by atoms with Gasteiger partial charge in [0.2, 0.25) is 0 Å². The van der Waals surface area contributed by atoms with Crippen LogP contribution in [0.2, 0.25) is 0 Å². The molecule has 0 saturated heterocycles. The second kappa shape index (κ2) is 196. The third-order valence-corrected chi connectivity index (χ3v) is 0. The molecule has 0 amide bonds. The largest absolute Gasteiger partial charge is 0.397 e. The van der Waals surface area contributed by atoms with Crippen molar-refractivity contribution in [3.63, 3.8) is 0 Å². The van der Waals surface area contributed by atoms with Crippen LogP contribution in [0, 0.1) is 14.9 Å². The summed E-state index contributed by atoms with van der Waals surface area (Å²) in [6.07, 6.45) is 0. The molecule has 0 aromatic heterocycles. The molecule has 0 aliphatic heterocycles. The van der Waals surface area contributed by atoms with Crippen molar-refractivity contribution >= 4 is 0 Å². The molecule has 0 rings (SSSR count). The first kappa shape index (κ1) is 61.0. The van der Waals surface area contributed by atoms with Crippen molar-refractivity contribution in [3.8, 4) is 0 Å². The summed E-state index contributed by atoms with van der Waals surface area (Å²) in [4.78, 5) is 0. The minimum absolute atomic E-state index is 0. The molecule has 4 nitrogen and oxygen atoms in total. The number of aliphatic hydroxyl groups excluding tert-OH is 4. The van der Waals surface area contributed by atoms with E-state index in [2.05, 4.69) is 0 Å². The van der Waals surface area contributed by atoms with Crippen LogP contribution in [-0.2, 0) is 43.4 Å². The molecule has 6 heteroatoms. The van der Waals surface area contributed by atoms with Crippen LogP contribution in [-0.4, -0.2) is 46.9 Å². The first-order valence-corrected chi connectivity index (χ1v) is 5.09. The Labute approximate surface area is 146 Å². The van der Waals surface area contributed by atoms with Crippen molar-refractivity contribution in [1.29, 1.82) is 0 Å². The van der Waals surface area contributed by atoms with Crippen LogP contribution >= 0.6 is 0 Å². The molecular formula is C12H36O4Ti2-2. The predicted molar refractivity (Wildman–Crippen MR) is 75.2 cm³/mol. The van der Waals surface area contributed by atoms with Crippen LogP contribution in [0.1, 0.15) is 41.5 Å². The molecular weight excluding hydrogens is 304 g/mol. The Balaban J connectivity index is -0.00000000766. The molecule has 0 aliphatic carbocycles. The van der Waals surface area contributed by atoms with Gasteiger partial charge < -0.3 is 35.3 Å². The summed E-state index contributed by atoms with van der Waals surface area (Å²) in [6.45, 7) is 11.7. The number of hydrogen-bond donors (Lipinski definition) is 4. The molecule has 0 fully saturated rings. The van der Waals surface area contributed by atoms with Crippen LogP contribution < -0.4 is 0 Å². The first-order chi connectivity index (χ1) is 6.66. The van der Waals surface area contributed by atoms with E-state index in [4.69, 9.17) is 20.4 Å². The van der Waals surface area contributed by atoms with Gasteiger partial charge in [0.1, 0.15) is 0 Å². The van der Waals surface area contributed by atoms with Gasteiger partial charge in [-0.1, -0.05) is 13.8 Å². The molecule has 0 saturated carbocycles. The van der Waals surface area contributed by atoms with E-state index >= 15 is 0 Å². The summed E-state index contributed by atoms with van der Waals surface area (Å²) in [7, 11) is 0. The fourth-order valence-corrected chi connectivity index (χ4v) is 0. The zero-order valence-electron chi connectivity index (χ0n) is 13.6. The Morgan fingerprint density at radius 2 is 0.500 bits per heavy atom. The van der Waals surface area contributed by atoms with E-state index in [0.717, 1.165) is 0 Å². The monoisotopic (exact) mass is 340 g/mol. The molecule has 0 heterocycles. The molecule has 0 spiro atoms. The molecule has 4 N–H and O–H groups in total. The maximum atomic E-state index is 7.57. The first-order valence-electron chi connectivity index (χ1n) is 5.09. The smallest absolute Gasteiger partial charge is 0.0402 e. The third kappa shape index (κ3) is 2840. The molecule has 0 aromatic rings. The van der Waals surface area contributed by atoms with E-state index in [1.54, 1.807) is 27.7 Å². The zero-order chi connectivity index (χ0) is 12.8.